The Labute approximate surface area is 161 Å². The number of aromatic nitrogens is 5. The number of pyridine rings is 1. The second-order valence-electron chi connectivity index (χ2n) is 6.88. The molecule has 1 atom stereocenters. The van der Waals surface area contributed by atoms with Gasteiger partial charge in [-0.3, -0.25) is 9.48 Å². The Morgan fingerprint density at radius 2 is 2.21 bits per heavy atom. The lowest BCUT2D eigenvalue weighted by atomic mass is 10.2. The Hall–Kier alpha value is -3.42. The fraction of sp³-hybridized carbons (Fsp3) is 0.300. The molecule has 0 radical (unpaired) electrons. The van der Waals surface area contributed by atoms with Crippen LogP contribution in [0.2, 0.25) is 0 Å². The third-order valence-electron chi connectivity index (χ3n) is 5.19. The Balaban J connectivity index is 1.48. The summed E-state index contributed by atoms with van der Waals surface area (Å²) in [7, 11) is 0. The standard InChI is InChI=1S/C20H20N6O2/c1-2-25-11-8-16(23-25)20(27)24-10-7-14(13-24)26-18-15(5-3-9-21-18)22-19(26)17-6-4-12-28-17/h3-6,8-9,11-12,14H,2,7,10,13H2,1H3. The van der Waals surface area contributed by atoms with Gasteiger partial charge in [-0.1, -0.05) is 0 Å². The van der Waals surface area contributed by atoms with Crippen molar-refractivity contribution in [2.45, 2.75) is 25.9 Å². The summed E-state index contributed by atoms with van der Waals surface area (Å²) in [5, 5.41) is 4.35. The molecular formula is C20H20N6O2. The number of imidazole rings is 1. The molecule has 142 valence electrons. The first-order valence-electron chi connectivity index (χ1n) is 9.44. The van der Waals surface area contributed by atoms with E-state index in [4.69, 9.17) is 9.40 Å². The number of carbonyl (C=O) groups excluding carboxylic acids is 1. The molecular weight excluding hydrogens is 356 g/mol. The van der Waals surface area contributed by atoms with Gasteiger partial charge in [-0.2, -0.15) is 5.10 Å². The topological polar surface area (TPSA) is 82.0 Å². The van der Waals surface area contributed by atoms with E-state index in [9.17, 15) is 4.79 Å². The monoisotopic (exact) mass is 376 g/mol. The molecule has 0 aliphatic carbocycles. The van der Waals surface area contributed by atoms with Crippen LogP contribution < -0.4 is 0 Å². The maximum absolute atomic E-state index is 12.9. The molecule has 4 aromatic rings. The average molecular weight is 376 g/mol. The number of furan rings is 1. The number of rotatable bonds is 4. The third kappa shape index (κ3) is 2.69. The van der Waals surface area contributed by atoms with Crippen LogP contribution in [-0.2, 0) is 6.54 Å². The molecule has 1 saturated heterocycles. The molecule has 0 saturated carbocycles. The molecule has 4 aromatic heterocycles. The molecule has 0 aromatic carbocycles. The van der Waals surface area contributed by atoms with Crippen molar-refractivity contribution >= 4 is 17.1 Å². The lowest BCUT2D eigenvalue weighted by molar-refractivity contribution is 0.0781. The van der Waals surface area contributed by atoms with E-state index in [0.29, 0.717) is 24.5 Å². The number of carbonyl (C=O) groups is 1. The van der Waals surface area contributed by atoms with Gasteiger partial charge in [-0.05, 0) is 43.7 Å². The SMILES string of the molecule is CCn1ccc(C(=O)N2CCC(n3c(-c4ccco4)nc4cccnc43)C2)n1. The molecule has 8 nitrogen and oxygen atoms in total. The molecule has 0 bridgehead atoms. The molecule has 8 heteroatoms. The average Bonchev–Trinajstić information content (AvgIpc) is 3.52. The van der Waals surface area contributed by atoms with Gasteiger partial charge in [0.1, 0.15) is 11.2 Å². The highest BCUT2D eigenvalue weighted by atomic mass is 16.3. The van der Waals surface area contributed by atoms with E-state index in [1.807, 2.05) is 42.3 Å². The van der Waals surface area contributed by atoms with Crippen LogP contribution in [0.1, 0.15) is 29.9 Å². The van der Waals surface area contributed by atoms with Crippen LogP contribution in [-0.4, -0.2) is 48.2 Å². The van der Waals surface area contributed by atoms with Gasteiger partial charge in [0.25, 0.3) is 5.91 Å². The van der Waals surface area contributed by atoms with E-state index in [-0.39, 0.29) is 11.9 Å². The zero-order chi connectivity index (χ0) is 19.1. The van der Waals surface area contributed by atoms with Crippen LogP contribution in [0.4, 0.5) is 0 Å². The number of amides is 1. The van der Waals surface area contributed by atoms with Gasteiger partial charge in [0, 0.05) is 32.0 Å². The van der Waals surface area contributed by atoms with Crippen molar-refractivity contribution in [3.05, 3.63) is 54.7 Å². The lowest BCUT2D eigenvalue weighted by Gasteiger charge is -2.17. The fourth-order valence-electron chi connectivity index (χ4n) is 3.81. The van der Waals surface area contributed by atoms with E-state index < -0.39 is 0 Å². The van der Waals surface area contributed by atoms with Crippen molar-refractivity contribution in [2.24, 2.45) is 0 Å². The molecule has 28 heavy (non-hydrogen) atoms. The minimum Gasteiger partial charge on any atom is -0.461 e. The van der Waals surface area contributed by atoms with Crippen molar-refractivity contribution in [2.75, 3.05) is 13.1 Å². The number of hydrogen-bond acceptors (Lipinski definition) is 5. The van der Waals surface area contributed by atoms with E-state index in [1.54, 1.807) is 23.2 Å². The Morgan fingerprint density at radius 3 is 3.00 bits per heavy atom. The van der Waals surface area contributed by atoms with Crippen LogP contribution in [0.25, 0.3) is 22.7 Å². The lowest BCUT2D eigenvalue weighted by Crippen LogP contribution is -2.29. The van der Waals surface area contributed by atoms with Gasteiger partial charge in [-0.25, -0.2) is 9.97 Å². The van der Waals surface area contributed by atoms with E-state index in [0.717, 1.165) is 30.0 Å². The first-order chi connectivity index (χ1) is 13.7. The van der Waals surface area contributed by atoms with Crippen LogP contribution in [0.3, 0.4) is 0 Å². The summed E-state index contributed by atoms with van der Waals surface area (Å²) in [4.78, 5) is 24.0. The number of aryl methyl sites for hydroxylation is 1. The minimum absolute atomic E-state index is 0.0355. The first-order valence-corrected chi connectivity index (χ1v) is 9.44. The van der Waals surface area contributed by atoms with Crippen LogP contribution in [0.15, 0.2) is 53.4 Å². The second kappa shape index (κ2) is 6.63. The summed E-state index contributed by atoms with van der Waals surface area (Å²) in [6.45, 7) is 4.01. The molecule has 5 rings (SSSR count). The molecule has 5 heterocycles. The molecule has 0 N–H and O–H groups in total. The van der Waals surface area contributed by atoms with Gasteiger partial charge >= 0.3 is 0 Å². The Kier molecular flexibility index (Phi) is 3.96. The van der Waals surface area contributed by atoms with Crippen molar-refractivity contribution in [1.82, 2.24) is 29.2 Å². The quantitative estimate of drug-likeness (QED) is 0.547. The minimum atomic E-state index is -0.0355. The predicted molar refractivity (Wildman–Crippen MR) is 103 cm³/mol. The highest BCUT2D eigenvalue weighted by Crippen LogP contribution is 2.32. The van der Waals surface area contributed by atoms with E-state index in [1.165, 1.54) is 0 Å². The molecule has 0 spiro atoms. The summed E-state index contributed by atoms with van der Waals surface area (Å²) in [5.74, 6) is 1.41. The normalized spacial score (nSPS) is 16.9. The van der Waals surface area contributed by atoms with Gasteiger partial charge in [-0.15, -0.1) is 0 Å². The van der Waals surface area contributed by atoms with Crippen molar-refractivity contribution in [1.29, 1.82) is 0 Å². The number of hydrogen-bond donors (Lipinski definition) is 0. The summed E-state index contributed by atoms with van der Waals surface area (Å²) in [6, 6.07) is 9.42. The summed E-state index contributed by atoms with van der Waals surface area (Å²) >= 11 is 0. The fourth-order valence-corrected chi connectivity index (χ4v) is 3.81. The van der Waals surface area contributed by atoms with Crippen LogP contribution in [0.5, 0.6) is 0 Å². The second-order valence-corrected chi connectivity index (χ2v) is 6.88. The predicted octanol–water partition coefficient (Wildman–Crippen LogP) is 2.99. The summed E-state index contributed by atoms with van der Waals surface area (Å²) < 4.78 is 9.47. The third-order valence-corrected chi connectivity index (χ3v) is 5.19. The molecule has 1 fully saturated rings. The van der Waals surface area contributed by atoms with Gasteiger partial charge in [0.05, 0.1) is 12.3 Å². The number of likely N-dealkylation sites (tertiary alicyclic amines) is 1. The Bertz CT molecular complexity index is 1130. The highest BCUT2D eigenvalue weighted by molar-refractivity contribution is 5.92. The molecule has 1 unspecified atom stereocenters. The van der Waals surface area contributed by atoms with E-state index in [2.05, 4.69) is 14.6 Å². The molecule has 1 amide bonds. The maximum Gasteiger partial charge on any atom is 0.274 e. The zero-order valence-corrected chi connectivity index (χ0v) is 15.5. The van der Waals surface area contributed by atoms with Gasteiger partial charge < -0.3 is 13.9 Å². The summed E-state index contributed by atoms with van der Waals surface area (Å²) in [6.07, 6.45) is 6.07. The van der Waals surface area contributed by atoms with Crippen molar-refractivity contribution in [3.63, 3.8) is 0 Å². The van der Waals surface area contributed by atoms with Crippen molar-refractivity contribution in [3.8, 4) is 11.6 Å². The number of fused-ring (bicyclic) bond motifs is 1. The van der Waals surface area contributed by atoms with Crippen LogP contribution >= 0.6 is 0 Å². The first kappa shape index (κ1) is 16.7. The Morgan fingerprint density at radius 1 is 1.29 bits per heavy atom. The van der Waals surface area contributed by atoms with E-state index >= 15 is 0 Å². The summed E-state index contributed by atoms with van der Waals surface area (Å²) in [5.41, 5.74) is 2.12. The van der Waals surface area contributed by atoms with Gasteiger partial charge in [0.2, 0.25) is 0 Å². The van der Waals surface area contributed by atoms with Crippen molar-refractivity contribution < 1.29 is 9.21 Å². The maximum atomic E-state index is 12.9. The number of nitrogens with zero attached hydrogens (tertiary/aromatic N) is 6. The highest BCUT2D eigenvalue weighted by Gasteiger charge is 2.32. The smallest absolute Gasteiger partial charge is 0.274 e. The molecule has 1 aliphatic heterocycles. The van der Waals surface area contributed by atoms with Gasteiger partial charge in [0.15, 0.2) is 17.2 Å². The zero-order valence-electron chi connectivity index (χ0n) is 15.5. The molecule has 1 aliphatic rings. The largest absolute Gasteiger partial charge is 0.461 e. The van der Waals surface area contributed by atoms with Crippen LogP contribution in [0, 0.1) is 0 Å².